The van der Waals surface area contributed by atoms with E-state index in [4.69, 9.17) is 9.47 Å². The molecular weight excluding hydrogens is 312 g/mol. The number of hydrogen-bond acceptors (Lipinski definition) is 6. The molecule has 1 aromatic rings. The van der Waals surface area contributed by atoms with Gasteiger partial charge in [0.2, 0.25) is 0 Å². The lowest BCUT2D eigenvalue weighted by Gasteiger charge is -2.21. The topological polar surface area (TPSA) is 94.6 Å². The maximum atomic E-state index is 12.1. The van der Waals surface area contributed by atoms with Gasteiger partial charge in [0.15, 0.2) is 0 Å². The molecule has 24 heavy (non-hydrogen) atoms. The maximum absolute atomic E-state index is 12.1. The third kappa shape index (κ3) is 5.98. The molecule has 1 aliphatic carbocycles. The van der Waals surface area contributed by atoms with Crippen LogP contribution in [0.1, 0.15) is 55.1 Å². The number of aromatic nitrogens is 1. The molecule has 1 saturated carbocycles. The number of amides is 1. The minimum absolute atomic E-state index is 0.000174. The minimum Gasteiger partial charge on any atom is -0.461 e. The van der Waals surface area contributed by atoms with E-state index in [2.05, 4.69) is 10.3 Å². The number of rotatable bonds is 6. The number of esters is 2. The van der Waals surface area contributed by atoms with Crippen LogP contribution in [-0.4, -0.2) is 35.5 Å². The Bertz CT molecular complexity index is 596. The smallest absolute Gasteiger partial charge is 0.325 e. The molecule has 0 aromatic carbocycles. The van der Waals surface area contributed by atoms with Gasteiger partial charge in [0.1, 0.15) is 19.3 Å². The van der Waals surface area contributed by atoms with E-state index in [0.29, 0.717) is 11.3 Å². The van der Waals surface area contributed by atoms with Gasteiger partial charge in [-0.25, -0.2) is 0 Å². The lowest BCUT2D eigenvalue weighted by molar-refractivity contribution is -0.149. The van der Waals surface area contributed by atoms with Crippen molar-refractivity contribution in [3.05, 3.63) is 29.6 Å². The Morgan fingerprint density at radius 2 is 2.00 bits per heavy atom. The SMILES string of the molecule is CC(=O)OCc1cc(C(=O)NCC(=O)OC2CCCCC2)ccn1. The molecular formula is C17H22N2O5. The molecule has 2 rings (SSSR count). The van der Waals surface area contributed by atoms with Gasteiger partial charge in [0.05, 0.1) is 5.69 Å². The number of pyridine rings is 1. The molecule has 0 unspecified atom stereocenters. The first-order chi connectivity index (χ1) is 11.5. The fraction of sp³-hybridized carbons (Fsp3) is 0.529. The zero-order valence-electron chi connectivity index (χ0n) is 13.7. The Labute approximate surface area is 140 Å². The molecule has 0 saturated heterocycles. The van der Waals surface area contributed by atoms with Crippen LogP contribution in [0, 0.1) is 0 Å². The summed E-state index contributed by atoms with van der Waals surface area (Å²) in [6.45, 7) is 1.13. The van der Waals surface area contributed by atoms with Gasteiger partial charge in [-0.15, -0.1) is 0 Å². The monoisotopic (exact) mass is 334 g/mol. The maximum Gasteiger partial charge on any atom is 0.325 e. The van der Waals surface area contributed by atoms with Crippen molar-refractivity contribution in [2.24, 2.45) is 0 Å². The Morgan fingerprint density at radius 1 is 1.25 bits per heavy atom. The first-order valence-corrected chi connectivity index (χ1v) is 8.10. The summed E-state index contributed by atoms with van der Waals surface area (Å²) < 4.78 is 10.2. The van der Waals surface area contributed by atoms with Gasteiger partial charge < -0.3 is 14.8 Å². The van der Waals surface area contributed by atoms with Gasteiger partial charge in [-0.3, -0.25) is 19.4 Å². The Hall–Kier alpha value is -2.44. The molecule has 7 nitrogen and oxygen atoms in total. The molecule has 1 fully saturated rings. The number of nitrogens with one attached hydrogen (secondary N) is 1. The Morgan fingerprint density at radius 3 is 2.71 bits per heavy atom. The third-order valence-corrected chi connectivity index (χ3v) is 3.75. The molecule has 0 aliphatic heterocycles. The standard InChI is InChI=1S/C17H22N2O5/c1-12(20)23-11-14-9-13(7-8-18-14)17(22)19-10-16(21)24-15-5-3-2-4-6-15/h7-9,15H,2-6,10-11H2,1H3,(H,19,22). The highest BCUT2D eigenvalue weighted by molar-refractivity contribution is 5.95. The second-order valence-electron chi connectivity index (χ2n) is 5.75. The van der Waals surface area contributed by atoms with Crippen LogP contribution >= 0.6 is 0 Å². The molecule has 1 aliphatic rings. The Kier molecular flexibility index (Phi) is 6.72. The van der Waals surface area contributed by atoms with Crippen molar-refractivity contribution in [3.63, 3.8) is 0 Å². The van der Waals surface area contributed by atoms with Crippen LogP contribution in [0.25, 0.3) is 0 Å². The van der Waals surface area contributed by atoms with Crippen LogP contribution in [0.2, 0.25) is 0 Å². The number of nitrogens with zero attached hydrogens (tertiary/aromatic N) is 1. The van der Waals surface area contributed by atoms with Crippen LogP contribution in [0.4, 0.5) is 0 Å². The van der Waals surface area contributed by atoms with Crippen LogP contribution in [0.3, 0.4) is 0 Å². The minimum atomic E-state index is -0.426. The summed E-state index contributed by atoms with van der Waals surface area (Å²) >= 11 is 0. The largest absolute Gasteiger partial charge is 0.461 e. The van der Waals surface area contributed by atoms with Gasteiger partial charge in [0.25, 0.3) is 5.91 Å². The number of carbonyl (C=O) groups excluding carboxylic acids is 3. The van der Waals surface area contributed by atoms with Crippen LogP contribution in [-0.2, 0) is 25.7 Å². The molecule has 0 bridgehead atoms. The van der Waals surface area contributed by atoms with E-state index < -0.39 is 17.8 Å². The zero-order valence-corrected chi connectivity index (χ0v) is 13.7. The third-order valence-electron chi connectivity index (χ3n) is 3.75. The second kappa shape index (κ2) is 9.00. The van der Waals surface area contributed by atoms with Crippen molar-refractivity contribution >= 4 is 17.8 Å². The van der Waals surface area contributed by atoms with Crippen molar-refractivity contribution in [3.8, 4) is 0 Å². The number of carbonyl (C=O) groups is 3. The summed E-state index contributed by atoms with van der Waals surface area (Å²) in [5, 5.41) is 2.53. The van der Waals surface area contributed by atoms with Crippen molar-refractivity contribution in [1.29, 1.82) is 0 Å². The van der Waals surface area contributed by atoms with Crippen molar-refractivity contribution in [1.82, 2.24) is 10.3 Å². The van der Waals surface area contributed by atoms with Gasteiger partial charge in [-0.1, -0.05) is 6.42 Å². The van der Waals surface area contributed by atoms with Crippen LogP contribution < -0.4 is 5.32 Å². The number of hydrogen-bond donors (Lipinski definition) is 1. The number of ether oxygens (including phenoxy) is 2. The average Bonchev–Trinajstić information content (AvgIpc) is 2.59. The van der Waals surface area contributed by atoms with E-state index in [0.717, 1.165) is 25.7 Å². The summed E-state index contributed by atoms with van der Waals surface area (Å²) in [6.07, 6.45) is 6.54. The van der Waals surface area contributed by atoms with E-state index in [1.54, 1.807) is 0 Å². The van der Waals surface area contributed by atoms with E-state index in [1.165, 1.54) is 31.7 Å². The molecule has 1 N–H and O–H groups in total. The zero-order chi connectivity index (χ0) is 17.4. The quantitative estimate of drug-likeness (QED) is 0.797. The molecule has 1 heterocycles. The average molecular weight is 334 g/mol. The molecule has 130 valence electrons. The first-order valence-electron chi connectivity index (χ1n) is 8.10. The summed E-state index contributed by atoms with van der Waals surface area (Å²) in [4.78, 5) is 38.7. The van der Waals surface area contributed by atoms with Crippen LogP contribution in [0.15, 0.2) is 18.3 Å². The van der Waals surface area contributed by atoms with Crippen molar-refractivity contribution in [2.45, 2.75) is 51.7 Å². The predicted octanol–water partition coefficient (Wildman–Crippen LogP) is 1.75. The summed E-state index contributed by atoms with van der Waals surface area (Å²) in [6, 6.07) is 3.05. The summed E-state index contributed by atoms with van der Waals surface area (Å²) in [5.41, 5.74) is 0.806. The molecule has 0 atom stereocenters. The van der Waals surface area contributed by atoms with Gasteiger partial charge in [0, 0.05) is 18.7 Å². The Balaban J connectivity index is 1.80. The lowest BCUT2D eigenvalue weighted by atomic mass is 9.98. The summed E-state index contributed by atoms with van der Waals surface area (Å²) in [7, 11) is 0. The second-order valence-corrected chi connectivity index (χ2v) is 5.75. The fourth-order valence-electron chi connectivity index (χ4n) is 2.54. The molecule has 0 radical (unpaired) electrons. The van der Waals surface area contributed by atoms with Crippen molar-refractivity contribution < 1.29 is 23.9 Å². The highest BCUT2D eigenvalue weighted by atomic mass is 16.5. The van der Waals surface area contributed by atoms with E-state index in [1.807, 2.05) is 0 Å². The lowest BCUT2D eigenvalue weighted by Crippen LogP contribution is -2.33. The highest BCUT2D eigenvalue weighted by Crippen LogP contribution is 2.20. The van der Waals surface area contributed by atoms with Gasteiger partial charge in [-0.2, -0.15) is 0 Å². The molecule has 7 heteroatoms. The molecule has 1 amide bonds. The first kappa shape index (κ1) is 17.9. The van der Waals surface area contributed by atoms with E-state index >= 15 is 0 Å². The van der Waals surface area contributed by atoms with Gasteiger partial charge >= 0.3 is 11.9 Å². The van der Waals surface area contributed by atoms with Crippen LogP contribution in [0.5, 0.6) is 0 Å². The predicted molar refractivity (Wildman–Crippen MR) is 85.0 cm³/mol. The highest BCUT2D eigenvalue weighted by Gasteiger charge is 2.18. The normalized spacial score (nSPS) is 14.7. The molecule has 0 spiro atoms. The van der Waals surface area contributed by atoms with Gasteiger partial charge in [-0.05, 0) is 37.8 Å². The van der Waals surface area contributed by atoms with Crippen molar-refractivity contribution in [2.75, 3.05) is 6.54 Å². The van der Waals surface area contributed by atoms with E-state index in [9.17, 15) is 14.4 Å². The molecule has 1 aromatic heterocycles. The fourth-order valence-corrected chi connectivity index (χ4v) is 2.54. The van der Waals surface area contributed by atoms with E-state index in [-0.39, 0.29) is 19.3 Å². The summed E-state index contributed by atoms with van der Waals surface area (Å²) in [5.74, 6) is -1.25.